The Bertz CT molecular complexity index is 524. The summed E-state index contributed by atoms with van der Waals surface area (Å²) < 4.78 is 32.2. The minimum Gasteiger partial charge on any atom is -0.381 e. The molecule has 20 heavy (non-hydrogen) atoms. The summed E-state index contributed by atoms with van der Waals surface area (Å²) in [7, 11) is -3.41. The maximum atomic E-state index is 12.1. The lowest BCUT2D eigenvalue weighted by molar-refractivity contribution is 0.108. The normalized spacial score (nSPS) is 12.1. The molecule has 114 valence electrons. The van der Waals surface area contributed by atoms with Crippen molar-refractivity contribution in [3.8, 4) is 0 Å². The molecule has 0 spiro atoms. The van der Waals surface area contributed by atoms with E-state index in [0.717, 1.165) is 11.1 Å². The molecule has 0 heterocycles. The number of sulfonamides is 1. The van der Waals surface area contributed by atoms with Gasteiger partial charge in [0.2, 0.25) is 10.0 Å². The first kappa shape index (κ1) is 17.1. The van der Waals surface area contributed by atoms with Crippen LogP contribution >= 0.6 is 0 Å². The van der Waals surface area contributed by atoms with E-state index in [9.17, 15) is 8.42 Å². The van der Waals surface area contributed by atoms with Crippen molar-refractivity contribution in [2.75, 3.05) is 19.8 Å². The summed E-state index contributed by atoms with van der Waals surface area (Å²) >= 11 is 0. The molecule has 0 saturated carbocycles. The van der Waals surface area contributed by atoms with Gasteiger partial charge in [-0.2, -0.15) is 0 Å². The third-order valence-electron chi connectivity index (χ3n) is 3.00. The van der Waals surface area contributed by atoms with Crippen LogP contribution in [0.5, 0.6) is 0 Å². The molecule has 0 unspecified atom stereocenters. The van der Waals surface area contributed by atoms with Crippen LogP contribution in [0.25, 0.3) is 0 Å². The average Bonchev–Trinajstić information content (AvgIpc) is 2.36. The van der Waals surface area contributed by atoms with Crippen LogP contribution in [0, 0.1) is 19.8 Å². The summed E-state index contributed by atoms with van der Waals surface area (Å²) in [5.41, 5.74) is 2.07. The van der Waals surface area contributed by atoms with Crippen molar-refractivity contribution in [1.29, 1.82) is 0 Å². The summed E-state index contributed by atoms with van der Waals surface area (Å²) in [5.74, 6) is 0.502. The number of aryl methyl sites for hydroxylation is 2. The highest BCUT2D eigenvalue weighted by Gasteiger charge is 2.13. The highest BCUT2D eigenvalue weighted by molar-refractivity contribution is 7.89. The molecule has 0 aliphatic heterocycles. The standard InChI is InChI=1S/C15H25NO3S/c1-12(2)11-19-9-5-8-16-20(17,18)15-7-6-13(3)14(4)10-15/h6-7,10,12,16H,5,8-9,11H2,1-4H3. The predicted molar refractivity (Wildman–Crippen MR) is 81.4 cm³/mol. The monoisotopic (exact) mass is 299 g/mol. The summed E-state index contributed by atoms with van der Waals surface area (Å²) in [6.45, 7) is 9.73. The van der Waals surface area contributed by atoms with Gasteiger partial charge >= 0.3 is 0 Å². The van der Waals surface area contributed by atoms with Crippen LogP contribution in [0.4, 0.5) is 0 Å². The number of hydrogen-bond acceptors (Lipinski definition) is 3. The Morgan fingerprint density at radius 3 is 2.50 bits per heavy atom. The molecule has 0 aromatic heterocycles. The molecular formula is C15H25NO3S. The van der Waals surface area contributed by atoms with Crippen molar-refractivity contribution in [2.45, 2.75) is 39.0 Å². The third-order valence-corrected chi connectivity index (χ3v) is 4.46. The fourth-order valence-corrected chi connectivity index (χ4v) is 2.82. The predicted octanol–water partition coefficient (Wildman–Crippen LogP) is 2.64. The molecule has 0 aliphatic carbocycles. The zero-order valence-corrected chi connectivity index (χ0v) is 13.6. The van der Waals surface area contributed by atoms with Gasteiger partial charge in [-0.05, 0) is 49.4 Å². The van der Waals surface area contributed by atoms with E-state index in [1.807, 2.05) is 19.9 Å². The van der Waals surface area contributed by atoms with Gasteiger partial charge < -0.3 is 4.74 Å². The second-order valence-corrected chi connectivity index (χ2v) is 7.23. The SMILES string of the molecule is Cc1ccc(S(=O)(=O)NCCCOCC(C)C)cc1C. The lowest BCUT2D eigenvalue weighted by atomic mass is 10.1. The Hall–Kier alpha value is -0.910. The smallest absolute Gasteiger partial charge is 0.240 e. The number of nitrogens with one attached hydrogen (secondary N) is 1. The summed E-state index contributed by atoms with van der Waals surface area (Å²) in [5, 5.41) is 0. The second-order valence-electron chi connectivity index (χ2n) is 5.47. The van der Waals surface area contributed by atoms with Crippen molar-refractivity contribution < 1.29 is 13.2 Å². The van der Waals surface area contributed by atoms with Crippen molar-refractivity contribution in [3.05, 3.63) is 29.3 Å². The molecule has 0 atom stereocenters. The molecule has 4 nitrogen and oxygen atoms in total. The van der Waals surface area contributed by atoms with E-state index in [2.05, 4.69) is 18.6 Å². The van der Waals surface area contributed by atoms with Gasteiger partial charge in [0.1, 0.15) is 0 Å². The van der Waals surface area contributed by atoms with E-state index in [1.54, 1.807) is 12.1 Å². The highest BCUT2D eigenvalue weighted by atomic mass is 32.2. The maximum Gasteiger partial charge on any atom is 0.240 e. The molecule has 0 aliphatic rings. The van der Waals surface area contributed by atoms with E-state index in [4.69, 9.17) is 4.74 Å². The zero-order valence-electron chi connectivity index (χ0n) is 12.8. The molecule has 1 aromatic rings. The Morgan fingerprint density at radius 1 is 1.20 bits per heavy atom. The highest BCUT2D eigenvalue weighted by Crippen LogP contribution is 2.14. The van der Waals surface area contributed by atoms with Gasteiger partial charge in [0.15, 0.2) is 0 Å². The van der Waals surface area contributed by atoms with E-state index >= 15 is 0 Å². The van der Waals surface area contributed by atoms with Gasteiger partial charge in [0, 0.05) is 19.8 Å². The Balaban J connectivity index is 2.43. The number of ether oxygens (including phenoxy) is 1. The van der Waals surface area contributed by atoms with Crippen molar-refractivity contribution in [1.82, 2.24) is 4.72 Å². The fourth-order valence-electron chi connectivity index (χ4n) is 1.66. The van der Waals surface area contributed by atoms with Gasteiger partial charge in [-0.1, -0.05) is 19.9 Å². The minimum atomic E-state index is -3.41. The van der Waals surface area contributed by atoms with Crippen LogP contribution < -0.4 is 4.72 Å². The minimum absolute atomic E-state index is 0.323. The van der Waals surface area contributed by atoms with E-state index < -0.39 is 10.0 Å². The molecule has 0 saturated heterocycles. The van der Waals surface area contributed by atoms with Crippen molar-refractivity contribution in [2.24, 2.45) is 5.92 Å². The summed E-state index contributed by atoms with van der Waals surface area (Å²) in [6, 6.07) is 5.17. The van der Waals surface area contributed by atoms with Gasteiger partial charge in [-0.15, -0.1) is 0 Å². The molecule has 0 radical (unpaired) electrons. The molecule has 1 N–H and O–H groups in total. The lowest BCUT2D eigenvalue weighted by Crippen LogP contribution is -2.25. The Kier molecular flexibility index (Phi) is 6.65. The van der Waals surface area contributed by atoms with E-state index in [0.29, 0.717) is 37.0 Å². The maximum absolute atomic E-state index is 12.1. The lowest BCUT2D eigenvalue weighted by Gasteiger charge is -2.09. The van der Waals surface area contributed by atoms with Crippen molar-refractivity contribution >= 4 is 10.0 Å². The molecule has 1 rings (SSSR count). The van der Waals surface area contributed by atoms with E-state index in [1.165, 1.54) is 0 Å². The van der Waals surface area contributed by atoms with Crippen LogP contribution in [-0.4, -0.2) is 28.2 Å². The average molecular weight is 299 g/mol. The van der Waals surface area contributed by atoms with Crippen LogP contribution in [0.1, 0.15) is 31.4 Å². The second kappa shape index (κ2) is 7.76. The topological polar surface area (TPSA) is 55.4 Å². The number of benzene rings is 1. The first-order valence-electron chi connectivity index (χ1n) is 6.97. The summed E-state index contributed by atoms with van der Waals surface area (Å²) in [6.07, 6.45) is 0.677. The molecular weight excluding hydrogens is 274 g/mol. The Labute approximate surface area is 122 Å². The van der Waals surface area contributed by atoms with Crippen LogP contribution in [0.2, 0.25) is 0 Å². The Morgan fingerprint density at radius 2 is 1.90 bits per heavy atom. The molecule has 0 fully saturated rings. The van der Waals surface area contributed by atoms with E-state index in [-0.39, 0.29) is 0 Å². The first-order chi connectivity index (χ1) is 9.33. The van der Waals surface area contributed by atoms with Crippen LogP contribution in [0.15, 0.2) is 23.1 Å². The fraction of sp³-hybridized carbons (Fsp3) is 0.600. The third kappa shape index (κ3) is 5.61. The molecule has 0 bridgehead atoms. The van der Waals surface area contributed by atoms with Gasteiger partial charge in [-0.25, -0.2) is 13.1 Å². The quantitative estimate of drug-likeness (QED) is 0.751. The van der Waals surface area contributed by atoms with Gasteiger partial charge in [0.05, 0.1) is 4.90 Å². The number of hydrogen-bond donors (Lipinski definition) is 1. The van der Waals surface area contributed by atoms with Crippen LogP contribution in [0.3, 0.4) is 0 Å². The first-order valence-corrected chi connectivity index (χ1v) is 8.46. The number of rotatable bonds is 8. The van der Waals surface area contributed by atoms with Crippen molar-refractivity contribution in [3.63, 3.8) is 0 Å². The van der Waals surface area contributed by atoms with Crippen LogP contribution in [-0.2, 0) is 14.8 Å². The van der Waals surface area contributed by atoms with Gasteiger partial charge in [-0.3, -0.25) is 0 Å². The van der Waals surface area contributed by atoms with Gasteiger partial charge in [0.25, 0.3) is 0 Å². The molecule has 5 heteroatoms. The molecule has 1 aromatic carbocycles. The largest absolute Gasteiger partial charge is 0.381 e. The zero-order chi connectivity index (χ0) is 15.2. The summed E-state index contributed by atoms with van der Waals surface area (Å²) in [4.78, 5) is 0.323. The molecule has 0 amide bonds.